The summed E-state index contributed by atoms with van der Waals surface area (Å²) in [7, 11) is 0. The smallest absolute Gasteiger partial charge is 0.251 e. The molecule has 0 aromatic carbocycles. The summed E-state index contributed by atoms with van der Waals surface area (Å²) in [6, 6.07) is 3.66. The van der Waals surface area contributed by atoms with E-state index < -0.39 is 0 Å². The summed E-state index contributed by atoms with van der Waals surface area (Å²) in [4.78, 5) is 11.2. The summed E-state index contributed by atoms with van der Waals surface area (Å²) < 4.78 is 2.52. The van der Waals surface area contributed by atoms with Crippen molar-refractivity contribution in [2.45, 2.75) is 19.9 Å². The Kier molecular flexibility index (Phi) is 2.49. The first-order valence-electron chi connectivity index (χ1n) is 3.49. The van der Waals surface area contributed by atoms with E-state index in [-0.39, 0.29) is 11.6 Å². The SMILES string of the molecule is CC(C)n1ccc(Br)cc1=O. The quantitative estimate of drug-likeness (QED) is 0.705. The van der Waals surface area contributed by atoms with Gasteiger partial charge in [0.2, 0.25) is 0 Å². The molecule has 0 saturated carbocycles. The second kappa shape index (κ2) is 3.22. The van der Waals surface area contributed by atoms with Crippen molar-refractivity contribution in [3.05, 3.63) is 33.2 Å². The number of pyridine rings is 1. The maximum atomic E-state index is 11.2. The van der Waals surface area contributed by atoms with Crippen molar-refractivity contribution >= 4 is 15.9 Å². The van der Waals surface area contributed by atoms with E-state index in [9.17, 15) is 4.79 Å². The third-order valence-corrected chi connectivity index (χ3v) is 1.96. The molecule has 11 heavy (non-hydrogen) atoms. The van der Waals surface area contributed by atoms with Gasteiger partial charge >= 0.3 is 0 Å². The third kappa shape index (κ3) is 1.93. The van der Waals surface area contributed by atoms with E-state index >= 15 is 0 Å². The predicted molar refractivity (Wildman–Crippen MR) is 48.8 cm³/mol. The number of nitrogens with zero attached hydrogens (tertiary/aromatic N) is 1. The Labute approximate surface area is 74.0 Å². The molecule has 0 bridgehead atoms. The van der Waals surface area contributed by atoms with E-state index in [1.54, 1.807) is 16.8 Å². The highest BCUT2D eigenvalue weighted by Gasteiger charge is 1.98. The van der Waals surface area contributed by atoms with E-state index in [0.29, 0.717) is 0 Å². The fourth-order valence-electron chi connectivity index (χ4n) is 0.892. The summed E-state index contributed by atoms with van der Waals surface area (Å²) in [5.74, 6) is 0. The highest BCUT2D eigenvalue weighted by Crippen LogP contribution is 2.06. The first-order valence-corrected chi connectivity index (χ1v) is 4.28. The number of rotatable bonds is 1. The van der Waals surface area contributed by atoms with Crippen LogP contribution in [0.15, 0.2) is 27.6 Å². The standard InChI is InChI=1S/C8H10BrNO/c1-6(2)10-4-3-7(9)5-8(10)11/h3-6H,1-2H3. The zero-order valence-electron chi connectivity index (χ0n) is 6.54. The van der Waals surface area contributed by atoms with Crippen LogP contribution in [-0.4, -0.2) is 4.57 Å². The fourth-order valence-corrected chi connectivity index (χ4v) is 1.21. The van der Waals surface area contributed by atoms with Gasteiger partial charge in [-0.2, -0.15) is 0 Å². The summed E-state index contributed by atoms with van der Waals surface area (Å²) in [6.07, 6.45) is 1.79. The van der Waals surface area contributed by atoms with Crippen molar-refractivity contribution in [1.82, 2.24) is 4.57 Å². The minimum atomic E-state index is 0.0365. The fraction of sp³-hybridized carbons (Fsp3) is 0.375. The second-order valence-corrected chi connectivity index (χ2v) is 3.60. The molecule has 0 radical (unpaired) electrons. The predicted octanol–water partition coefficient (Wildman–Crippen LogP) is 2.19. The van der Waals surface area contributed by atoms with Crippen LogP contribution in [0.5, 0.6) is 0 Å². The zero-order chi connectivity index (χ0) is 8.43. The maximum Gasteiger partial charge on any atom is 0.251 e. The largest absolute Gasteiger partial charge is 0.313 e. The van der Waals surface area contributed by atoms with Crippen LogP contribution < -0.4 is 5.56 Å². The zero-order valence-corrected chi connectivity index (χ0v) is 8.13. The Morgan fingerprint density at radius 3 is 2.64 bits per heavy atom. The number of aromatic nitrogens is 1. The molecule has 0 atom stereocenters. The van der Waals surface area contributed by atoms with Crippen LogP contribution in [-0.2, 0) is 0 Å². The molecule has 2 nitrogen and oxygen atoms in total. The Balaban J connectivity index is 3.21. The summed E-state index contributed by atoms with van der Waals surface area (Å²) in [5.41, 5.74) is 0.0365. The number of hydrogen-bond donors (Lipinski definition) is 0. The van der Waals surface area contributed by atoms with Crippen LogP contribution in [0.4, 0.5) is 0 Å². The van der Waals surface area contributed by atoms with Crippen molar-refractivity contribution in [2.24, 2.45) is 0 Å². The molecule has 0 amide bonds. The lowest BCUT2D eigenvalue weighted by molar-refractivity contribution is 0.578. The van der Waals surface area contributed by atoms with E-state index in [1.807, 2.05) is 19.9 Å². The van der Waals surface area contributed by atoms with E-state index in [1.165, 1.54) is 0 Å². The molecule has 0 saturated heterocycles. The topological polar surface area (TPSA) is 22.0 Å². The lowest BCUT2D eigenvalue weighted by Crippen LogP contribution is -2.19. The van der Waals surface area contributed by atoms with Gasteiger partial charge in [0, 0.05) is 22.8 Å². The van der Waals surface area contributed by atoms with Gasteiger partial charge in [0.15, 0.2) is 0 Å². The van der Waals surface area contributed by atoms with Crippen molar-refractivity contribution in [3.63, 3.8) is 0 Å². The molecule has 0 aliphatic rings. The highest BCUT2D eigenvalue weighted by atomic mass is 79.9. The lowest BCUT2D eigenvalue weighted by atomic mass is 10.3. The van der Waals surface area contributed by atoms with Gasteiger partial charge in [0.05, 0.1) is 0 Å². The van der Waals surface area contributed by atoms with Crippen LogP contribution in [0.3, 0.4) is 0 Å². The Bertz CT molecular complexity index is 303. The molecule has 0 fully saturated rings. The first-order chi connectivity index (χ1) is 5.11. The molecule has 3 heteroatoms. The van der Waals surface area contributed by atoms with Gasteiger partial charge < -0.3 is 4.57 Å². The molecule has 0 aliphatic heterocycles. The molecule has 1 rings (SSSR count). The minimum Gasteiger partial charge on any atom is -0.313 e. The molecule has 0 N–H and O–H groups in total. The third-order valence-electron chi connectivity index (χ3n) is 1.47. The summed E-state index contributed by atoms with van der Waals surface area (Å²) in [6.45, 7) is 3.96. The van der Waals surface area contributed by atoms with Gasteiger partial charge in [-0.25, -0.2) is 0 Å². The van der Waals surface area contributed by atoms with Crippen molar-refractivity contribution < 1.29 is 0 Å². The molecule has 0 unspecified atom stereocenters. The van der Waals surface area contributed by atoms with Crippen molar-refractivity contribution in [2.75, 3.05) is 0 Å². The summed E-state index contributed by atoms with van der Waals surface area (Å²) in [5, 5.41) is 0. The van der Waals surface area contributed by atoms with E-state index in [4.69, 9.17) is 0 Å². The van der Waals surface area contributed by atoms with Gasteiger partial charge in [-0.3, -0.25) is 4.79 Å². The molecule has 1 aromatic heterocycles. The van der Waals surface area contributed by atoms with Crippen LogP contribution in [0, 0.1) is 0 Å². The Hall–Kier alpha value is -0.570. The van der Waals surface area contributed by atoms with Gasteiger partial charge in [-0.15, -0.1) is 0 Å². The second-order valence-electron chi connectivity index (χ2n) is 2.68. The van der Waals surface area contributed by atoms with Gasteiger partial charge in [-0.05, 0) is 19.9 Å². The van der Waals surface area contributed by atoms with Gasteiger partial charge in [0.1, 0.15) is 0 Å². The van der Waals surface area contributed by atoms with Crippen LogP contribution in [0.1, 0.15) is 19.9 Å². The Morgan fingerprint density at radius 1 is 1.55 bits per heavy atom. The molecule has 60 valence electrons. The number of halogens is 1. The van der Waals surface area contributed by atoms with Crippen LogP contribution in [0.2, 0.25) is 0 Å². The van der Waals surface area contributed by atoms with Crippen molar-refractivity contribution in [3.8, 4) is 0 Å². The lowest BCUT2D eigenvalue weighted by Gasteiger charge is -2.07. The van der Waals surface area contributed by atoms with Crippen LogP contribution >= 0.6 is 15.9 Å². The minimum absolute atomic E-state index is 0.0365. The maximum absolute atomic E-state index is 11.2. The summed E-state index contributed by atoms with van der Waals surface area (Å²) >= 11 is 3.23. The average Bonchev–Trinajstić information content (AvgIpc) is 1.85. The molecule has 1 aromatic rings. The molecule has 1 heterocycles. The molecule has 0 aliphatic carbocycles. The molecular weight excluding hydrogens is 206 g/mol. The van der Waals surface area contributed by atoms with E-state index in [0.717, 1.165) is 4.47 Å². The van der Waals surface area contributed by atoms with Crippen LogP contribution in [0.25, 0.3) is 0 Å². The monoisotopic (exact) mass is 215 g/mol. The average molecular weight is 216 g/mol. The van der Waals surface area contributed by atoms with Gasteiger partial charge in [0.25, 0.3) is 5.56 Å². The van der Waals surface area contributed by atoms with Gasteiger partial charge in [-0.1, -0.05) is 15.9 Å². The molecule has 0 spiro atoms. The van der Waals surface area contributed by atoms with E-state index in [2.05, 4.69) is 15.9 Å². The first kappa shape index (κ1) is 8.53. The normalized spacial score (nSPS) is 10.5. The molecular formula is C8H10BrNO. The highest BCUT2D eigenvalue weighted by molar-refractivity contribution is 9.10. The Morgan fingerprint density at radius 2 is 2.18 bits per heavy atom. The van der Waals surface area contributed by atoms with Crippen molar-refractivity contribution in [1.29, 1.82) is 0 Å². The number of hydrogen-bond acceptors (Lipinski definition) is 1.